The third-order valence-electron chi connectivity index (χ3n) is 3.22. The van der Waals surface area contributed by atoms with Crippen LogP contribution >= 0.6 is 35.7 Å². The van der Waals surface area contributed by atoms with E-state index in [1.807, 2.05) is 11.8 Å². The summed E-state index contributed by atoms with van der Waals surface area (Å²) >= 11 is 1.89. The fraction of sp³-hybridized carbons (Fsp3) is 0.933. The molecule has 7 heteroatoms. The molecular weight excluding hydrogens is 413 g/mol. The zero-order chi connectivity index (χ0) is 15.3. The summed E-state index contributed by atoms with van der Waals surface area (Å²) in [5, 5.41) is 6.69. The van der Waals surface area contributed by atoms with Crippen LogP contribution in [0.3, 0.4) is 0 Å². The monoisotopic (exact) mass is 445 g/mol. The molecule has 2 unspecified atom stereocenters. The second-order valence-corrected chi connectivity index (χ2v) is 6.31. The van der Waals surface area contributed by atoms with E-state index in [-0.39, 0.29) is 36.1 Å². The summed E-state index contributed by atoms with van der Waals surface area (Å²) in [7, 11) is 0. The zero-order valence-electron chi connectivity index (χ0n) is 14.1. The third kappa shape index (κ3) is 10.9. The molecule has 0 spiro atoms. The Morgan fingerprint density at radius 3 is 2.91 bits per heavy atom. The number of guanidine groups is 1. The first-order valence-electron chi connectivity index (χ1n) is 7.99. The summed E-state index contributed by atoms with van der Waals surface area (Å²) < 4.78 is 11.1. The lowest BCUT2D eigenvalue weighted by molar-refractivity contribution is 0.0347. The van der Waals surface area contributed by atoms with Crippen LogP contribution in [-0.2, 0) is 9.47 Å². The Balaban J connectivity index is 0.00000441. The fourth-order valence-corrected chi connectivity index (χ4v) is 2.56. The number of hydrogen-bond donors (Lipinski definition) is 2. The molecule has 1 rings (SSSR count). The van der Waals surface area contributed by atoms with Crippen LogP contribution in [-0.4, -0.2) is 63.0 Å². The van der Waals surface area contributed by atoms with Gasteiger partial charge in [0.1, 0.15) is 0 Å². The molecule has 1 saturated heterocycles. The maximum atomic E-state index is 5.83. The Morgan fingerprint density at radius 1 is 1.45 bits per heavy atom. The van der Waals surface area contributed by atoms with Gasteiger partial charge in [-0.15, -0.1) is 24.0 Å². The van der Waals surface area contributed by atoms with Crippen LogP contribution in [0.25, 0.3) is 0 Å². The van der Waals surface area contributed by atoms with E-state index in [2.05, 4.69) is 35.7 Å². The molecule has 0 aliphatic carbocycles. The van der Waals surface area contributed by atoms with Crippen molar-refractivity contribution in [2.75, 3.05) is 44.9 Å². The van der Waals surface area contributed by atoms with Crippen LogP contribution in [0.4, 0.5) is 0 Å². The standard InChI is InChI=1S/C15H31N3O2S.HI/c1-4-16-15(17-8-5-6-10-21-3)18-13(2)11-20-14-7-9-19-12-14;/h13-14H,4-12H2,1-3H3,(H2,16,17,18);1H. The van der Waals surface area contributed by atoms with E-state index in [0.29, 0.717) is 6.61 Å². The largest absolute Gasteiger partial charge is 0.379 e. The molecule has 2 N–H and O–H groups in total. The van der Waals surface area contributed by atoms with Crippen LogP contribution in [0.1, 0.15) is 33.1 Å². The van der Waals surface area contributed by atoms with Crippen molar-refractivity contribution >= 4 is 41.7 Å². The number of nitrogens with zero attached hydrogens (tertiary/aromatic N) is 1. The minimum atomic E-state index is 0. The van der Waals surface area contributed by atoms with Crippen LogP contribution in [0.2, 0.25) is 0 Å². The zero-order valence-corrected chi connectivity index (χ0v) is 17.2. The van der Waals surface area contributed by atoms with Gasteiger partial charge in [-0.1, -0.05) is 0 Å². The smallest absolute Gasteiger partial charge is 0.191 e. The van der Waals surface area contributed by atoms with Crippen LogP contribution < -0.4 is 10.6 Å². The highest BCUT2D eigenvalue weighted by Gasteiger charge is 2.17. The number of hydrogen-bond acceptors (Lipinski definition) is 4. The van der Waals surface area contributed by atoms with Gasteiger partial charge in [-0.05, 0) is 45.1 Å². The van der Waals surface area contributed by atoms with Crippen molar-refractivity contribution < 1.29 is 9.47 Å². The lowest BCUT2D eigenvalue weighted by atomic mass is 10.3. The molecule has 1 fully saturated rings. The molecule has 0 saturated carbocycles. The van der Waals surface area contributed by atoms with E-state index < -0.39 is 0 Å². The predicted octanol–water partition coefficient (Wildman–Crippen LogP) is 2.50. The molecule has 22 heavy (non-hydrogen) atoms. The van der Waals surface area contributed by atoms with Gasteiger partial charge in [0.25, 0.3) is 0 Å². The average molecular weight is 445 g/mol. The van der Waals surface area contributed by atoms with E-state index >= 15 is 0 Å². The molecule has 0 bridgehead atoms. The number of rotatable bonds is 10. The van der Waals surface area contributed by atoms with Crippen molar-refractivity contribution in [3.05, 3.63) is 0 Å². The van der Waals surface area contributed by atoms with Crippen LogP contribution in [0.5, 0.6) is 0 Å². The summed E-state index contributed by atoms with van der Waals surface area (Å²) in [5.41, 5.74) is 0. The molecular formula is C15H32IN3O2S. The normalized spacial score (nSPS) is 19.6. The number of unbranched alkanes of at least 4 members (excludes halogenated alkanes) is 1. The molecule has 0 aromatic rings. The van der Waals surface area contributed by atoms with Gasteiger partial charge in [-0.2, -0.15) is 11.8 Å². The van der Waals surface area contributed by atoms with Gasteiger partial charge in [0, 0.05) is 25.7 Å². The van der Waals surface area contributed by atoms with Crippen molar-refractivity contribution in [1.82, 2.24) is 10.6 Å². The maximum Gasteiger partial charge on any atom is 0.191 e. The summed E-state index contributed by atoms with van der Waals surface area (Å²) in [6, 6.07) is 0.245. The Labute approximate surface area is 156 Å². The molecule has 1 heterocycles. The Hall–Kier alpha value is 0.270. The van der Waals surface area contributed by atoms with Crippen molar-refractivity contribution in [1.29, 1.82) is 0 Å². The van der Waals surface area contributed by atoms with Gasteiger partial charge in [-0.3, -0.25) is 4.99 Å². The van der Waals surface area contributed by atoms with Crippen molar-refractivity contribution in [2.45, 2.75) is 45.3 Å². The highest BCUT2D eigenvalue weighted by molar-refractivity contribution is 14.0. The van der Waals surface area contributed by atoms with E-state index in [4.69, 9.17) is 9.47 Å². The van der Waals surface area contributed by atoms with Crippen molar-refractivity contribution in [3.8, 4) is 0 Å². The molecule has 2 atom stereocenters. The van der Waals surface area contributed by atoms with E-state index in [0.717, 1.165) is 45.1 Å². The van der Waals surface area contributed by atoms with Gasteiger partial charge in [-0.25, -0.2) is 0 Å². The minimum absolute atomic E-state index is 0. The highest BCUT2D eigenvalue weighted by atomic mass is 127. The molecule has 0 aromatic carbocycles. The highest BCUT2D eigenvalue weighted by Crippen LogP contribution is 2.08. The average Bonchev–Trinajstić information content (AvgIpc) is 2.98. The lowest BCUT2D eigenvalue weighted by Crippen LogP contribution is -2.44. The Morgan fingerprint density at radius 2 is 2.27 bits per heavy atom. The number of thioether (sulfide) groups is 1. The first kappa shape index (κ1) is 22.3. The molecule has 0 aromatic heterocycles. The molecule has 132 valence electrons. The predicted molar refractivity (Wildman–Crippen MR) is 107 cm³/mol. The van der Waals surface area contributed by atoms with Gasteiger partial charge in [0.2, 0.25) is 0 Å². The van der Waals surface area contributed by atoms with Crippen molar-refractivity contribution in [3.63, 3.8) is 0 Å². The van der Waals surface area contributed by atoms with Gasteiger partial charge in [0.15, 0.2) is 5.96 Å². The Kier molecular flexibility index (Phi) is 15.0. The third-order valence-corrected chi connectivity index (χ3v) is 3.92. The first-order chi connectivity index (χ1) is 10.3. The molecule has 1 aliphatic heterocycles. The van der Waals surface area contributed by atoms with Crippen molar-refractivity contribution in [2.24, 2.45) is 4.99 Å². The summed E-state index contributed by atoms with van der Waals surface area (Å²) in [5.74, 6) is 2.10. The van der Waals surface area contributed by atoms with Crippen LogP contribution in [0.15, 0.2) is 4.99 Å². The second-order valence-electron chi connectivity index (χ2n) is 5.32. The number of halogens is 1. The molecule has 0 radical (unpaired) electrons. The van der Waals surface area contributed by atoms with E-state index in [1.165, 1.54) is 12.2 Å². The van der Waals surface area contributed by atoms with Gasteiger partial charge in [0.05, 0.1) is 19.3 Å². The number of aliphatic imine (C=N–C) groups is 1. The molecule has 0 amide bonds. The van der Waals surface area contributed by atoms with Gasteiger partial charge < -0.3 is 20.1 Å². The second kappa shape index (κ2) is 14.8. The topological polar surface area (TPSA) is 54.9 Å². The fourth-order valence-electron chi connectivity index (χ4n) is 2.07. The number of ether oxygens (including phenoxy) is 2. The van der Waals surface area contributed by atoms with E-state index in [9.17, 15) is 0 Å². The van der Waals surface area contributed by atoms with E-state index in [1.54, 1.807) is 0 Å². The summed E-state index contributed by atoms with van der Waals surface area (Å²) in [6.07, 6.45) is 5.79. The summed E-state index contributed by atoms with van der Waals surface area (Å²) in [6.45, 7) is 8.20. The number of nitrogens with one attached hydrogen (secondary N) is 2. The first-order valence-corrected chi connectivity index (χ1v) is 9.38. The maximum absolute atomic E-state index is 5.83. The Bertz CT molecular complexity index is 290. The molecule has 5 nitrogen and oxygen atoms in total. The summed E-state index contributed by atoms with van der Waals surface area (Å²) in [4.78, 5) is 4.61. The van der Waals surface area contributed by atoms with Crippen LogP contribution in [0, 0.1) is 0 Å². The minimum Gasteiger partial charge on any atom is -0.379 e. The lowest BCUT2D eigenvalue weighted by Gasteiger charge is -2.19. The van der Waals surface area contributed by atoms with Gasteiger partial charge >= 0.3 is 0 Å². The molecule has 1 aliphatic rings. The SMILES string of the molecule is CCNC(=NCCCCSC)NC(C)COC1CCOC1.I. The quantitative estimate of drug-likeness (QED) is 0.234.